The van der Waals surface area contributed by atoms with Gasteiger partial charge in [-0.3, -0.25) is 0 Å². The summed E-state index contributed by atoms with van der Waals surface area (Å²) in [6.45, 7) is 0. The second kappa shape index (κ2) is 4.33. The summed E-state index contributed by atoms with van der Waals surface area (Å²) in [6.07, 6.45) is 5.46. The van der Waals surface area contributed by atoms with Crippen LogP contribution in [0.4, 0.5) is 5.95 Å². The zero-order valence-electron chi connectivity index (χ0n) is 9.58. The quantitative estimate of drug-likeness (QED) is 0.822. The van der Waals surface area contributed by atoms with Crippen LogP contribution in [0.2, 0.25) is 0 Å². The maximum absolute atomic E-state index is 9.44. The molecule has 1 fully saturated rings. The van der Waals surface area contributed by atoms with E-state index < -0.39 is 0 Å². The van der Waals surface area contributed by atoms with E-state index in [0.29, 0.717) is 12.0 Å². The number of hydrogen-bond donors (Lipinski definition) is 2. The number of aliphatic hydroxyl groups is 1. The fourth-order valence-electron chi connectivity index (χ4n) is 2.30. The Morgan fingerprint density at radius 2 is 2.06 bits per heavy atom. The van der Waals surface area contributed by atoms with Gasteiger partial charge in [0.25, 0.3) is 0 Å². The van der Waals surface area contributed by atoms with Crippen LogP contribution in [0.5, 0.6) is 0 Å². The van der Waals surface area contributed by atoms with Crippen molar-refractivity contribution in [2.75, 3.05) is 5.32 Å². The van der Waals surface area contributed by atoms with Crippen LogP contribution in [-0.4, -0.2) is 31.9 Å². The molecule has 0 radical (unpaired) electrons. The second-order valence-electron chi connectivity index (χ2n) is 4.59. The molecule has 0 amide bonds. The zero-order chi connectivity index (χ0) is 11.7. The summed E-state index contributed by atoms with van der Waals surface area (Å²) in [5.41, 5.74) is 0.853. The number of fused-ring (bicyclic) bond motifs is 1. The van der Waals surface area contributed by atoms with Gasteiger partial charge in [-0.2, -0.15) is 4.98 Å². The van der Waals surface area contributed by atoms with Gasteiger partial charge >= 0.3 is 0 Å². The Balaban J connectivity index is 1.72. The van der Waals surface area contributed by atoms with Gasteiger partial charge in [0.05, 0.1) is 6.10 Å². The second-order valence-corrected chi connectivity index (χ2v) is 4.59. The molecule has 2 aromatic heterocycles. The van der Waals surface area contributed by atoms with Crippen molar-refractivity contribution < 1.29 is 5.11 Å². The van der Waals surface area contributed by atoms with Gasteiger partial charge in [0.15, 0.2) is 5.65 Å². The van der Waals surface area contributed by atoms with E-state index in [1.807, 2.05) is 24.4 Å². The van der Waals surface area contributed by atoms with Crippen LogP contribution in [0, 0.1) is 0 Å². The molecule has 5 nitrogen and oxygen atoms in total. The molecule has 0 aromatic carbocycles. The van der Waals surface area contributed by atoms with Crippen molar-refractivity contribution >= 4 is 11.6 Å². The molecule has 0 unspecified atom stereocenters. The predicted molar refractivity (Wildman–Crippen MR) is 64.9 cm³/mol. The predicted octanol–water partition coefficient (Wildman–Crippen LogP) is 1.44. The van der Waals surface area contributed by atoms with E-state index >= 15 is 0 Å². The minimum Gasteiger partial charge on any atom is -0.393 e. The lowest BCUT2D eigenvalue weighted by atomic mass is 9.93. The molecule has 90 valence electrons. The lowest BCUT2D eigenvalue weighted by Crippen LogP contribution is -2.28. The summed E-state index contributed by atoms with van der Waals surface area (Å²) in [5.74, 6) is 0.678. The largest absolute Gasteiger partial charge is 0.393 e. The SMILES string of the molecule is OC1CCC(Nc2nc3ccccn3n2)CC1. The highest BCUT2D eigenvalue weighted by Gasteiger charge is 2.20. The molecular weight excluding hydrogens is 216 g/mol. The van der Waals surface area contributed by atoms with E-state index in [2.05, 4.69) is 15.4 Å². The van der Waals surface area contributed by atoms with Crippen molar-refractivity contribution in [3.05, 3.63) is 24.4 Å². The fourth-order valence-corrected chi connectivity index (χ4v) is 2.30. The number of pyridine rings is 1. The number of aliphatic hydroxyl groups excluding tert-OH is 1. The molecule has 0 aliphatic heterocycles. The molecule has 17 heavy (non-hydrogen) atoms. The van der Waals surface area contributed by atoms with E-state index in [-0.39, 0.29) is 6.10 Å². The van der Waals surface area contributed by atoms with Gasteiger partial charge in [-0.05, 0) is 37.8 Å². The molecule has 0 saturated heterocycles. The summed E-state index contributed by atoms with van der Waals surface area (Å²) in [5, 5.41) is 17.1. The van der Waals surface area contributed by atoms with Crippen molar-refractivity contribution in [3.8, 4) is 0 Å². The number of anilines is 1. The molecule has 1 aliphatic rings. The molecule has 0 atom stereocenters. The van der Waals surface area contributed by atoms with Crippen molar-refractivity contribution in [2.24, 2.45) is 0 Å². The molecule has 2 N–H and O–H groups in total. The van der Waals surface area contributed by atoms with Crippen LogP contribution in [0.15, 0.2) is 24.4 Å². The molecule has 0 spiro atoms. The first kappa shape index (κ1) is 10.5. The highest BCUT2D eigenvalue weighted by molar-refractivity contribution is 5.43. The molecule has 2 heterocycles. The van der Waals surface area contributed by atoms with Crippen molar-refractivity contribution in [2.45, 2.75) is 37.8 Å². The minimum atomic E-state index is -0.123. The molecule has 1 aliphatic carbocycles. The number of aromatic nitrogens is 3. The van der Waals surface area contributed by atoms with Gasteiger partial charge in [-0.25, -0.2) is 4.52 Å². The monoisotopic (exact) mass is 232 g/mol. The average molecular weight is 232 g/mol. The van der Waals surface area contributed by atoms with Crippen molar-refractivity contribution in [1.29, 1.82) is 0 Å². The van der Waals surface area contributed by atoms with Gasteiger partial charge < -0.3 is 10.4 Å². The van der Waals surface area contributed by atoms with E-state index in [4.69, 9.17) is 0 Å². The van der Waals surface area contributed by atoms with Crippen LogP contribution in [0.3, 0.4) is 0 Å². The van der Waals surface area contributed by atoms with Crippen LogP contribution in [0.25, 0.3) is 5.65 Å². The van der Waals surface area contributed by atoms with Gasteiger partial charge in [-0.15, -0.1) is 5.10 Å². The summed E-state index contributed by atoms with van der Waals surface area (Å²) in [6, 6.07) is 6.20. The van der Waals surface area contributed by atoms with Crippen LogP contribution >= 0.6 is 0 Å². The van der Waals surface area contributed by atoms with E-state index in [9.17, 15) is 5.11 Å². The normalized spacial score (nSPS) is 25.0. The lowest BCUT2D eigenvalue weighted by molar-refractivity contribution is 0.126. The third-order valence-corrected chi connectivity index (χ3v) is 3.27. The summed E-state index contributed by atoms with van der Waals surface area (Å²) in [7, 11) is 0. The standard InChI is InChI=1S/C12H16N4O/c17-10-6-4-9(5-7-10)13-12-14-11-3-1-2-8-16(11)15-12/h1-3,8-10,17H,4-7H2,(H,13,15). The van der Waals surface area contributed by atoms with Gasteiger partial charge in [0, 0.05) is 12.2 Å². The van der Waals surface area contributed by atoms with Gasteiger partial charge in [-0.1, -0.05) is 6.07 Å². The smallest absolute Gasteiger partial charge is 0.243 e. The topological polar surface area (TPSA) is 62.5 Å². The third kappa shape index (κ3) is 2.24. The fraction of sp³-hybridized carbons (Fsp3) is 0.500. The first-order valence-electron chi connectivity index (χ1n) is 6.07. The summed E-state index contributed by atoms with van der Waals surface area (Å²) in [4.78, 5) is 4.40. The summed E-state index contributed by atoms with van der Waals surface area (Å²) >= 11 is 0. The first-order valence-corrected chi connectivity index (χ1v) is 6.07. The Kier molecular flexibility index (Phi) is 2.68. The van der Waals surface area contributed by atoms with Crippen LogP contribution in [0.1, 0.15) is 25.7 Å². The average Bonchev–Trinajstić information content (AvgIpc) is 2.74. The minimum absolute atomic E-state index is 0.123. The molecule has 1 saturated carbocycles. The van der Waals surface area contributed by atoms with Gasteiger partial charge in [0.1, 0.15) is 0 Å². The van der Waals surface area contributed by atoms with Crippen LogP contribution < -0.4 is 5.32 Å². The summed E-state index contributed by atoms with van der Waals surface area (Å²) < 4.78 is 1.76. The van der Waals surface area contributed by atoms with E-state index in [1.165, 1.54) is 0 Å². The van der Waals surface area contributed by atoms with Gasteiger partial charge in [0.2, 0.25) is 5.95 Å². The lowest BCUT2D eigenvalue weighted by Gasteiger charge is -2.25. The Bertz CT molecular complexity index is 469. The van der Waals surface area contributed by atoms with E-state index in [0.717, 1.165) is 31.3 Å². The first-order chi connectivity index (χ1) is 8.31. The highest BCUT2D eigenvalue weighted by Crippen LogP contribution is 2.21. The number of rotatable bonds is 2. The maximum Gasteiger partial charge on any atom is 0.243 e. The molecule has 3 rings (SSSR count). The van der Waals surface area contributed by atoms with Crippen molar-refractivity contribution in [1.82, 2.24) is 14.6 Å². The number of hydrogen-bond acceptors (Lipinski definition) is 4. The Morgan fingerprint density at radius 3 is 2.82 bits per heavy atom. The van der Waals surface area contributed by atoms with Crippen molar-refractivity contribution in [3.63, 3.8) is 0 Å². The third-order valence-electron chi connectivity index (χ3n) is 3.27. The molecular formula is C12H16N4O. The molecule has 0 bridgehead atoms. The number of nitrogens with zero attached hydrogens (tertiary/aromatic N) is 3. The Morgan fingerprint density at radius 1 is 1.24 bits per heavy atom. The van der Waals surface area contributed by atoms with E-state index in [1.54, 1.807) is 4.52 Å². The van der Waals surface area contributed by atoms with Crippen LogP contribution in [-0.2, 0) is 0 Å². The Hall–Kier alpha value is -1.62. The molecule has 2 aromatic rings. The maximum atomic E-state index is 9.44. The Labute approximate surface area is 99.5 Å². The molecule has 5 heteroatoms. The number of nitrogens with one attached hydrogen (secondary N) is 1. The highest BCUT2D eigenvalue weighted by atomic mass is 16.3. The zero-order valence-corrected chi connectivity index (χ0v) is 9.58.